The molecule has 0 spiro atoms. The van der Waals surface area contributed by atoms with E-state index in [2.05, 4.69) is 10.0 Å². The van der Waals surface area contributed by atoms with E-state index in [4.69, 9.17) is 5.11 Å². The van der Waals surface area contributed by atoms with Gasteiger partial charge in [0.05, 0.1) is 6.10 Å². The predicted molar refractivity (Wildman–Crippen MR) is 75.9 cm³/mol. The van der Waals surface area contributed by atoms with E-state index >= 15 is 0 Å². The van der Waals surface area contributed by atoms with Crippen molar-refractivity contribution >= 4 is 15.9 Å². The number of nitrogens with one attached hydrogen (secondary N) is 2. The summed E-state index contributed by atoms with van der Waals surface area (Å²) >= 11 is 0. The average molecular weight is 318 g/mol. The lowest BCUT2D eigenvalue weighted by molar-refractivity contribution is 0.0923. The predicted octanol–water partition coefficient (Wildman–Crippen LogP) is 0.623. The fourth-order valence-corrected chi connectivity index (χ4v) is 2.92. The van der Waals surface area contributed by atoms with E-state index in [9.17, 15) is 17.6 Å². The maximum atomic E-state index is 13.7. The van der Waals surface area contributed by atoms with Crippen LogP contribution in [0.1, 0.15) is 31.1 Å². The second kappa shape index (κ2) is 6.97. The standard InChI is InChI=1S/C13H19FN2O4S/c1-8(2)16-21(19,20)12-6-10(4-5-11(12)14)13(18)15-7-9(3)17/h4-6,8-9,16-17H,7H2,1-3H3,(H,15,18). The zero-order valence-electron chi connectivity index (χ0n) is 12.1. The number of amides is 1. The van der Waals surface area contributed by atoms with Gasteiger partial charge in [0, 0.05) is 18.2 Å². The van der Waals surface area contributed by atoms with Crippen molar-refractivity contribution in [1.82, 2.24) is 10.0 Å². The molecule has 0 saturated heterocycles. The van der Waals surface area contributed by atoms with Crippen LogP contribution in [0.25, 0.3) is 0 Å². The van der Waals surface area contributed by atoms with Crippen LogP contribution >= 0.6 is 0 Å². The minimum Gasteiger partial charge on any atom is -0.392 e. The maximum Gasteiger partial charge on any atom is 0.251 e. The molecule has 118 valence electrons. The molecular weight excluding hydrogens is 299 g/mol. The minimum absolute atomic E-state index is 0.00109. The molecule has 0 bridgehead atoms. The summed E-state index contributed by atoms with van der Waals surface area (Å²) in [5.41, 5.74) is 0.00109. The Bertz CT molecular complexity index is 615. The van der Waals surface area contributed by atoms with Crippen molar-refractivity contribution in [2.75, 3.05) is 6.54 Å². The molecule has 0 aliphatic carbocycles. The van der Waals surface area contributed by atoms with E-state index < -0.39 is 38.8 Å². The van der Waals surface area contributed by atoms with Crippen LogP contribution in [0.2, 0.25) is 0 Å². The van der Waals surface area contributed by atoms with Crippen molar-refractivity contribution in [3.8, 4) is 0 Å². The molecule has 1 aromatic carbocycles. The molecule has 0 fully saturated rings. The smallest absolute Gasteiger partial charge is 0.251 e. The van der Waals surface area contributed by atoms with Crippen LogP contribution in [0, 0.1) is 5.82 Å². The Morgan fingerprint density at radius 3 is 2.48 bits per heavy atom. The molecule has 0 aliphatic heterocycles. The molecule has 6 nitrogen and oxygen atoms in total. The maximum absolute atomic E-state index is 13.7. The van der Waals surface area contributed by atoms with Crippen LogP contribution in [0.15, 0.2) is 23.1 Å². The van der Waals surface area contributed by atoms with Gasteiger partial charge in [0.25, 0.3) is 5.91 Å². The Morgan fingerprint density at radius 1 is 1.33 bits per heavy atom. The van der Waals surface area contributed by atoms with E-state index in [1.165, 1.54) is 13.0 Å². The van der Waals surface area contributed by atoms with Crippen molar-refractivity contribution in [2.45, 2.75) is 37.8 Å². The summed E-state index contributed by atoms with van der Waals surface area (Å²) in [7, 11) is -4.03. The molecule has 3 N–H and O–H groups in total. The van der Waals surface area contributed by atoms with Crippen LogP contribution in [0.4, 0.5) is 4.39 Å². The normalized spacial score (nSPS) is 13.2. The Kier molecular flexibility index (Phi) is 5.82. The number of hydrogen-bond acceptors (Lipinski definition) is 4. The highest BCUT2D eigenvalue weighted by Crippen LogP contribution is 2.17. The number of aliphatic hydroxyl groups excluding tert-OH is 1. The summed E-state index contributed by atoms with van der Waals surface area (Å²) in [6, 6.07) is 2.67. The van der Waals surface area contributed by atoms with Gasteiger partial charge in [-0.05, 0) is 39.0 Å². The van der Waals surface area contributed by atoms with Crippen LogP contribution in [-0.4, -0.2) is 38.1 Å². The van der Waals surface area contributed by atoms with Gasteiger partial charge in [0.1, 0.15) is 10.7 Å². The van der Waals surface area contributed by atoms with Gasteiger partial charge in [-0.2, -0.15) is 0 Å². The minimum atomic E-state index is -4.03. The van der Waals surface area contributed by atoms with Crippen molar-refractivity contribution in [3.63, 3.8) is 0 Å². The first kappa shape index (κ1) is 17.5. The summed E-state index contributed by atoms with van der Waals surface area (Å²) in [4.78, 5) is 11.2. The summed E-state index contributed by atoms with van der Waals surface area (Å²) in [5, 5.41) is 11.5. The number of rotatable bonds is 6. The molecule has 8 heteroatoms. The molecule has 1 aromatic rings. The van der Waals surface area contributed by atoms with Crippen molar-refractivity contribution in [1.29, 1.82) is 0 Å². The lowest BCUT2D eigenvalue weighted by atomic mass is 10.2. The lowest BCUT2D eigenvalue weighted by Gasteiger charge is -2.12. The van der Waals surface area contributed by atoms with Gasteiger partial charge in [0.15, 0.2) is 0 Å². The quantitative estimate of drug-likeness (QED) is 0.716. The highest BCUT2D eigenvalue weighted by Gasteiger charge is 2.22. The molecule has 1 amide bonds. The first-order valence-electron chi connectivity index (χ1n) is 6.41. The third kappa shape index (κ3) is 5.07. The second-order valence-electron chi connectivity index (χ2n) is 4.98. The average Bonchev–Trinajstić information content (AvgIpc) is 2.34. The Labute approximate surface area is 123 Å². The molecule has 1 atom stereocenters. The Morgan fingerprint density at radius 2 is 1.95 bits per heavy atom. The Hall–Kier alpha value is -1.51. The van der Waals surface area contributed by atoms with Gasteiger partial charge in [0.2, 0.25) is 10.0 Å². The second-order valence-corrected chi connectivity index (χ2v) is 6.66. The zero-order valence-corrected chi connectivity index (χ0v) is 12.9. The van der Waals surface area contributed by atoms with Crippen molar-refractivity contribution < 1.29 is 22.7 Å². The topological polar surface area (TPSA) is 95.5 Å². The van der Waals surface area contributed by atoms with E-state index in [-0.39, 0.29) is 12.1 Å². The number of halogens is 1. The van der Waals surface area contributed by atoms with E-state index in [1.807, 2.05) is 0 Å². The third-order valence-electron chi connectivity index (χ3n) is 2.43. The first-order chi connectivity index (χ1) is 9.63. The third-order valence-corrected chi connectivity index (χ3v) is 4.11. The molecule has 21 heavy (non-hydrogen) atoms. The van der Waals surface area contributed by atoms with Gasteiger partial charge in [-0.15, -0.1) is 0 Å². The number of aliphatic hydroxyl groups is 1. The molecule has 0 aromatic heterocycles. The van der Waals surface area contributed by atoms with Crippen LogP contribution in [0.3, 0.4) is 0 Å². The van der Waals surface area contributed by atoms with E-state index in [0.717, 1.165) is 12.1 Å². The van der Waals surface area contributed by atoms with Crippen LogP contribution in [-0.2, 0) is 10.0 Å². The number of carbonyl (C=O) groups is 1. The number of benzene rings is 1. The fourth-order valence-electron chi connectivity index (χ4n) is 1.57. The largest absolute Gasteiger partial charge is 0.392 e. The number of hydrogen-bond donors (Lipinski definition) is 3. The highest BCUT2D eigenvalue weighted by atomic mass is 32.2. The monoisotopic (exact) mass is 318 g/mol. The summed E-state index contributed by atoms with van der Waals surface area (Å²) in [5.74, 6) is -1.52. The molecule has 0 aliphatic rings. The summed E-state index contributed by atoms with van der Waals surface area (Å²) in [6.07, 6.45) is -0.736. The molecule has 0 saturated carbocycles. The summed E-state index contributed by atoms with van der Waals surface area (Å²) < 4.78 is 39.9. The molecular formula is C13H19FN2O4S. The van der Waals surface area contributed by atoms with Gasteiger partial charge >= 0.3 is 0 Å². The van der Waals surface area contributed by atoms with Gasteiger partial charge in [-0.25, -0.2) is 17.5 Å². The van der Waals surface area contributed by atoms with Gasteiger partial charge < -0.3 is 10.4 Å². The van der Waals surface area contributed by atoms with Gasteiger partial charge in [-0.1, -0.05) is 0 Å². The fraction of sp³-hybridized carbons (Fsp3) is 0.462. The summed E-state index contributed by atoms with van der Waals surface area (Å²) in [6.45, 7) is 4.72. The first-order valence-corrected chi connectivity index (χ1v) is 7.90. The Balaban J connectivity index is 3.08. The highest BCUT2D eigenvalue weighted by molar-refractivity contribution is 7.89. The molecule has 1 rings (SSSR count). The lowest BCUT2D eigenvalue weighted by Crippen LogP contribution is -2.32. The van der Waals surface area contributed by atoms with Crippen LogP contribution in [0.5, 0.6) is 0 Å². The van der Waals surface area contributed by atoms with Gasteiger partial charge in [-0.3, -0.25) is 4.79 Å². The van der Waals surface area contributed by atoms with Crippen molar-refractivity contribution in [3.05, 3.63) is 29.6 Å². The molecule has 1 unspecified atom stereocenters. The molecule has 0 heterocycles. The SMILES string of the molecule is CC(O)CNC(=O)c1ccc(F)c(S(=O)(=O)NC(C)C)c1. The number of carbonyl (C=O) groups excluding carboxylic acids is 1. The number of sulfonamides is 1. The van der Waals surface area contributed by atoms with Crippen LogP contribution < -0.4 is 10.0 Å². The molecule has 0 radical (unpaired) electrons. The van der Waals surface area contributed by atoms with Crippen molar-refractivity contribution in [2.24, 2.45) is 0 Å². The zero-order chi connectivity index (χ0) is 16.2. The van der Waals surface area contributed by atoms with E-state index in [0.29, 0.717) is 0 Å². The van der Waals surface area contributed by atoms with E-state index in [1.54, 1.807) is 13.8 Å².